The third kappa shape index (κ3) is 12.2. The van der Waals surface area contributed by atoms with Crippen molar-refractivity contribution in [2.75, 3.05) is 26.3 Å². The molecule has 1 aromatic rings. The van der Waals surface area contributed by atoms with Crippen LogP contribution in [0.2, 0.25) is 0 Å². The maximum Gasteiger partial charge on any atom is 0.328 e. The van der Waals surface area contributed by atoms with Crippen molar-refractivity contribution >= 4 is 35.5 Å². The molecule has 0 saturated carbocycles. The fourth-order valence-electron chi connectivity index (χ4n) is 3.36. The van der Waals surface area contributed by atoms with E-state index in [-0.39, 0.29) is 12.2 Å². The molecule has 16 heteroatoms. The summed E-state index contributed by atoms with van der Waals surface area (Å²) in [6.07, 6.45) is 0.582. The zero-order chi connectivity index (χ0) is 31.1. The number of carboxylic acid groups (broad SMARTS) is 1. The number of nitrogens with one attached hydrogen (secondary N) is 5. The molecule has 5 atom stereocenters. The normalized spacial score (nSPS) is 14.4. The molecule has 1 rings (SSSR count). The summed E-state index contributed by atoms with van der Waals surface area (Å²) in [5, 5.41) is 48.1. The smallest absolute Gasteiger partial charge is 0.328 e. The van der Waals surface area contributed by atoms with Crippen LogP contribution in [-0.4, -0.2) is 106 Å². The summed E-state index contributed by atoms with van der Waals surface area (Å²) in [4.78, 5) is 72.8. The fraction of sp³-hybridized carbons (Fsp3) is 0.520. The topological polar surface area (TPSA) is 270 Å². The third-order valence-electron chi connectivity index (χ3n) is 6.02. The van der Waals surface area contributed by atoms with E-state index in [0.29, 0.717) is 12.0 Å². The first kappa shape index (κ1) is 34.7. The molecule has 41 heavy (non-hydrogen) atoms. The van der Waals surface area contributed by atoms with Crippen molar-refractivity contribution < 1.29 is 49.2 Å². The quantitative estimate of drug-likeness (QED) is 0.0847. The lowest BCUT2D eigenvalue weighted by Gasteiger charge is -2.26. The van der Waals surface area contributed by atoms with Gasteiger partial charge in [0.2, 0.25) is 29.5 Å². The highest BCUT2D eigenvalue weighted by Gasteiger charge is 2.31. The van der Waals surface area contributed by atoms with Gasteiger partial charge >= 0.3 is 5.97 Å². The summed E-state index contributed by atoms with van der Waals surface area (Å²) < 4.78 is 0. The molecule has 1 aromatic carbocycles. The van der Waals surface area contributed by atoms with Gasteiger partial charge in [-0.25, -0.2) is 4.79 Å². The Hall–Kier alpha value is -4.28. The molecule has 0 unspecified atom stereocenters. The molecule has 0 aliphatic heterocycles. The van der Waals surface area contributed by atoms with Crippen LogP contribution < -0.4 is 32.3 Å². The second-order valence-electron chi connectivity index (χ2n) is 9.23. The van der Waals surface area contributed by atoms with Crippen molar-refractivity contribution in [2.24, 2.45) is 11.7 Å². The number of hydrogen-bond donors (Lipinski definition) is 10. The highest BCUT2D eigenvalue weighted by Crippen LogP contribution is 2.11. The molecule has 11 N–H and O–H groups in total. The van der Waals surface area contributed by atoms with Gasteiger partial charge in [0.25, 0.3) is 0 Å². The van der Waals surface area contributed by atoms with Crippen molar-refractivity contribution in [1.82, 2.24) is 26.6 Å². The zero-order valence-corrected chi connectivity index (χ0v) is 22.8. The Morgan fingerprint density at radius 2 is 1.37 bits per heavy atom. The van der Waals surface area contributed by atoms with Crippen LogP contribution >= 0.6 is 0 Å². The van der Waals surface area contributed by atoms with Gasteiger partial charge in [-0.15, -0.1) is 0 Å². The molecule has 16 nitrogen and oxygen atoms in total. The number of phenols is 1. The summed E-state index contributed by atoms with van der Waals surface area (Å²) in [5.74, 6) is -5.89. The summed E-state index contributed by atoms with van der Waals surface area (Å²) in [7, 11) is 0. The number of carboxylic acids is 1. The maximum absolute atomic E-state index is 12.8. The number of hydrogen-bond acceptors (Lipinski definition) is 10. The first-order valence-corrected chi connectivity index (χ1v) is 12.7. The van der Waals surface area contributed by atoms with Gasteiger partial charge in [-0.05, 0) is 30.0 Å². The van der Waals surface area contributed by atoms with E-state index in [2.05, 4.69) is 21.3 Å². The largest absolute Gasteiger partial charge is 0.508 e. The highest BCUT2D eigenvalue weighted by molar-refractivity contribution is 5.94. The summed E-state index contributed by atoms with van der Waals surface area (Å²) in [6, 6.07) is 0.740. The number of aliphatic hydroxyl groups is 2. The number of aliphatic hydroxyl groups excluding tert-OH is 2. The van der Waals surface area contributed by atoms with Gasteiger partial charge in [0.15, 0.2) is 0 Å². The van der Waals surface area contributed by atoms with Crippen LogP contribution in [0.4, 0.5) is 0 Å². The number of rotatable bonds is 17. The second-order valence-corrected chi connectivity index (χ2v) is 9.23. The van der Waals surface area contributed by atoms with Crippen LogP contribution in [-0.2, 0) is 35.2 Å². The number of aliphatic carboxylic acids is 1. The first-order chi connectivity index (χ1) is 19.3. The summed E-state index contributed by atoms with van der Waals surface area (Å²) in [6.45, 7) is 0.555. The third-order valence-corrected chi connectivity index (χ3v) is 6.02. The van der Waals surface area contributed by atoms with Crippen LogP contribution in [0, 0.1) is 5.92 Å². The minimum Gasteiger partial charge on any atom is -0.508 e. The monoisotopic (exact) mass is 582 g/mol. The molecule has 0 spiro atoms. The number of nitrogens with two attached hydrogens (primary N) is 1. The van der Waals surface area contributed by atoms with Crippen molar-refractivity contribution in [1.29, 1.82) is 0 Å². The number of carbonyl (C=O) groups excluding carboxylic acids is 5. The lowest BCUT2D eigenvalue weighted by Crippen LogP contribution is -2.59. The molecule has 0 saturated heterocycles. The maximum atomic E-state index is 12.8. The summed E-state index contributed by atoms with van der Waals surface area (Å²) >= 11 is 0. The number of benzene rings is 1. The molecule has 0 fully saturated rings. The van der Waals surface area contributed by atoms with E-state index in [1.165, 1.54) is 12.1 Å². The summed E-state index contributed by atoms with van der Waals surface area (Å²) in [5.41, 5.74) is 6.54. The van der Waals surface area contributed by atoms with E-state index in [1.807, 2.05) is 5.32 Å². The Morgan fingerprint density at radius 1 is 0.805 bits per heavy atom. The Labute approximate surface area is 236 Å². The molecule has 0 aromatic heterocycles. The number of carbonyl (C=O) groups is 6. The minimum absolute atomic E-state index is 0.0650. The van der Waals surface area contributed by atoms with Gasteiger partial charge in [-0.3, -0.25) is 24.0 Å². The van der Waals surface area contributed by atoms with E-state index in [1.54, 1.807) is 26.0 Å². The average molecular weight is 583 g/mol. The zero-order valence-electron chi connectivity index (χ0n) is 22.8. The van der Waals surface area contributed by atoms with E-state index < -0.39 is 91.9 Å². The lowest BCUT2D eigenvalue weighted by atomic mass is 9.98. The van der Waals surface area contributed by atoms with Crippen LogP contribution in [0.3, 0.4) is 0 Å². The number of aromatic hydroxyl groups is 1. The fourth-order valence-corrected chi connectivity index (χ4v) is 3.36. The van der Waals surface area contributed by atoms with E-state index in [9.17, 15) is 39.0 Å². The SMILES string of the molecule is CC[C@H](C)[C@H](NC(=O)CNC(=O)CNC(=O)[C@@H](N)Cc1ccc(O)cc1)C(=O)N[C@@H](CO)C(=O)N[C@@H](CO)C(=O)O. The molecule has 0 radical (unpaired) electrons. The van der Waals surface area contributed by atoms with Crippen LogP contribution in [0.1, 0.15) is 25.8 Å². The Balaban J connectivity index is 2.61. The van der Waals surface area contributed by atoms with Crippen LogP contribution in [0.25, 0.3) is 0 Å². The minimum atomic E-state index is -1.65. The van der Waals surface area contributed by atoms with Gasteiger partial charge in [-0.2, -0.15) is 0 Å². The average Bonchev–Trinajstić information content (AvgIpc) is 2.95. The van der Waals surface area contributed by atoms with Crippen LogP contribution in [0.5, 0.6) is 5.75 Å². The lowest BCUT2D eigenvalue weighted by molar-refractivity contribution is -0.143. The standard InChI is InChI=1S/C25H38N6O10/c1-3-13(2)21(24(39)29-17(11-32)23(38)30-18(12-33)25(40)41)31-20(36)10-27-19(35)9-28-22(37)16(26)8-14-4-6-15(34)7-5-14/h4-7,13,16-18,21,32-34H,3,8-12,26H2,1-2H3,(H,27,35)(H,28,37)(H,29,39)(H,30,38)(H,31,36)(H,40,41)/t13-,16-,17-,18-,21-/m0/s1. The molecule has 5 amide bonds. The predicted octanol–water partition coefficient (Wildman–Crippen LogP) is -3.94. The van der Waals surface area contributed by atoms with E-state index in [4.69, 9.17) is 15.9 Å². The van der Waals surface area contributed by atoms with Crippen LogP contribution in [0.15, 0.2) is 24.3 Å². The first-order valence-electron chi connectivity index (χ1n) is 12.7. The Kier molecular flexibility index (Phi) is 14.8. The second kappa shape index (κ2) is 17.4. The molecule has 228 valence electrons. The Morgan fingerprint density at radius 3 is 1.90 bits per heavy atom. The van der Waals surface area contributed by atoms with Gasteiger partial charge in [0.1, 0.15) is 23.9 Å². The Bertz CT molecular complexity index is 1070. The highest BCUT2D eigenvalue weighted by atomic mass is 16.4. The van der Waals surface area contributed by atoms with Gasteiger partial charge in [0.05, 0.1) is 32.3 Å². The van der Waals surface area contributed by atoms with Gasteiger partial charge in [-0.1, -0.05) is 32.4 Å². The molecule has 0 aliphatic carbocycles. The molecule has 0 heterocycles. The van der Waals surface area contributed by atoms with Crippen molar-refractivity contribution in [3.63, 3.8) is 0 Å². The molecular weight excluding hydrogens is 544 g/mol. The van der Waals surface area contributed by atoms with E-state index >= 15 is 0 Å². The van der Waals surface area contributed by atoms with Crippen molar-refractivity contribution in [2.45, 2.75) is 50.9 Å². The van der Waals surface area contributed by atoms with E-state index in [0.717, 1.165) is 0 Å². The van der Waals surface area contributed by atoms with Crippen molar-refractivity contribution in [3.8, 4) is 5.75 Å². The number of phenolic OH excluding ortho intramolecular Hbond substituents is 1. The van der Waals surface area contributed by atoms with Gasteiger partial charge in [0, 0.05) is 0 Å². The number of amides is 5. The molecule has 0 bridgehead atoms. The molecular formula is C25H38N6O10. The predicted molar refractivity (Wildman–Crippen MR) is 143 cm³/mol. The molecule has 0 aliphatic rings. The van der Waals surface area contributed by atoms with Crippen molar-refractivity contribution in [3.05, 3.63) is 29.8 Å². The van der Waals surface area contributed by atoms with Gasteiger partial charge < -0.3 is 52.7 Å².